The molecule has 13 nitrogen and oxygen atoms in total. The molecule has 0 saturated carbocycles. The number of nitrogens with one attached hydrogen (secondary N) is 2. The molecule has 1 aliphatic heterocycles. The molecule has 0 bridgehead atoms. The minimum absolute atomic E-state index is 0.0115. The minimum atomic E-state index is -0.924. The summed E-state index contributed by atoms with van der Waals surface area (Å²) in [7, 11) is 8.54. The van der Waals surface area contributed by atoms with Gasteiger partial charge in [-0.25, -0.2) is 0 Å². The zero-order valence-electron chi connectivity index (χ0n) is 36.4. The summed E-state index contributed by atoms with van der Waals surface area (Å²) in [4.78, 5) is 72.9. The van der Waals surface area contributed by atoms with Crippen molar-refractivity contribution in [1.29, 1.82) is 0 Å². The number of likely N-dealkylation sites (N-methyl/N-ethyl adjacent to an activating group) is 2. The molecule has 0 aliphatic carbocycles. The number of hydrogen-bond acceptors (Lipinski definition) is 8. The van der Waals surface area contributed by atoms with Crippen molar-refractivity contribution in [3.63, 3.8) is 0 Å². The minimum Gasteiger partial charge on any atom is -0.481 e. The molecule has 1 unspecified atom stereocenters. The van der Waals surface area contributed by atoms with E-state index in [9.17, 15) is 29.1 Å². The highest BCUT2D eigenvalue weighted by atomic mass is 16.5. The fraction of sp³-hybridized carbons (Fsp3) is 0.744. The van der Waals surface area contributed by atoms with Crippen molar-refractivity contribution >= 4 is 29.6 Å². The first kappa shape index (κ1) is 48.6. The Morgan fingerprint density at radius 1 is 0.893 bits per heavy atom. The fourth-order valence-corrected chi connectivity index (χ4v) is 8.36. The molecule has 1 fully saturated rings. The monoisotopic (exact) mass is 788 g/mol. The summed E-state index contributed by atoms with van der Waals surface area (Å²) in [6, 6.07) is 7.22. The van der Waals surface area contributed by atoms with Gasteiger partial charge in [-0.2, -0.15) is 0 Å². The molecule has 2 rings (SSSR count). The molecule has 1 saturated heterocycles. The number of carbonyl (C=O) groups excluding carboxylic acids is 4. The predicted molar refractivity (Wildman–Crippen MR) is 219 cm³/mol. The number of carboxylic acid groups (broad SMARTS) is 1. The standard InChI is InChI=1S/C43H73N5O8/c1-14-28(6)38(47(11)42(52)36(26(2)3)45-41(51)37(27(4)5)46(9)10)34(55-12)25-35(49)48-22-18-21-33(48)39(56-13)30(8)40(50)44-32(23-29(7)43(53)54)24-31-19-16-15-17-20-31/h15-17,19-20,26-30,32-34,36-39H,14,18,21-25H2,1-13H3,(H,44,50)(H,45,51)(H,53,54)/t28-,29-,30+,32+,33-,34+,36-,37?,38-,39+/m0/s1. The lowest BCUT2D eigenvalue weighted by molar-refractivity contribution is -0.148. The first-order valence-corrected chi connectivity index (χ1v) is 20.5. The molecule has 318 valence electrons. The number of nitrogens with zero attached hydrogens (tertiary/aromatic N) is 3. The maximum absolute atomic E-state index is 14.3. The summed E-state index contributed by atoms with van der Waals surface area (Å²) in [5, 5.41) is 15.8. The molecule has 0 radical (unpaired) electrons. The Morgan fingerprint density at radius 3 is 2.02 bits per heavy atom. The van der Waals surface area contributed by atoms with Crippen molar-refractivity contribution in [2.45, 2.75) is 136 Å². The Kier molecular flexibility index (Phi) is 20.0. The number of hydrogen-bond donors (Lipinski definition) is 3. The summed E-state index contributed by atoms with van der Waals surface area (Å²) in [6.07, 6.45) is 1.62. The largest absolute Gasteiger partial charge is 0.481 e. The van der Waals surface area contributed by atoms with Gasteiger partial charge in [-0.1, -0.05) is 92.1 Å². The van der Waals surface area contributed by atoms with Crippen LogP contribution in [-0.4, -0.2) is 134 Å². The molecule has 1 aromatic carbocycles. The van der Waals surface area contributed by atoms with E-state index in [1.165, 1.54) is 0 Å². The summed E-state index contributed by atoms with van der Waals surface area (Å²) in [5.74, 6) is -3.27. The Hall–Kier alpha value is -3.55. The van der Waals surface area contributed by atoms with E-state index in [-0.39, 0.29) is 60.3 Å². The maximum Gasteiger partial charge on any atom is 0.306 e. The molecular formula is C43H73N5O8. The summed E-state index contributed by atoms with van der Waals surface area (Å²) < 4.78 is 12.0. The second kappa shape index (κ2) is 23.0. The molecule has 10 atom stereocenters. The van der Waals surface area contributed by atoms with Crippen molar-refractivity contribution in [3.05, 3.63) is 35.9 Å². The lowest BCUT2D eigenvalue weighted by atomic mass is 9.89. The van der Waals surface area contributed by atoms with E-state index < -0.39 is 54.2 Å². The van der Waals surface area contributed by atoms with Crippen LogP contribution >= 0.6 is 0 Å². The smallest absolute Gasteiger partial charge is 0.306 e. The van der Waals surface area contributed by atoms with Crippen molar-refractivity contribution in [2.75, 3.05) is 41.9 Å². The van der Waals surface area contributed by atoms with Crippen LogP contribution in [0.25, 0.3) is 0 Å². The second-order valence-corrected chi connectivity index (χ2v) is 16.8. The highest BCUT2D eigenvalue weighted by Gasteiger charge is 2.43. The lowest BCUT2D eigenvalue weighted by Crippen LogP contribution is -2.59. The Balaban J connectivity index is 2.30. The number of amides is 4. The van der Waals surface area contributed by atoms with E-state index in [1.807, 2.05) is 90.9 Å². The number of methoxy groups -OCH3 is 2. The first-order valence-electron chi connectivity index (χ1n) is 20.5. The Labute approximate surface area is 336 Å². The van der Waals surface area contributed by atoms with Crippen molar-refractivity contribution in [1.82, 2.24) is 25.3 Å². The van der Waals surface area contributed by atoms with Crippen LogP contribution in [0.3, 0.4) is 0 Å². The number of likely N-dealkylation sites (tertiary alicyclic amines) is 1. The third kappa shape index (κ3) is 13.3. The van der Waals surface area contributed by atoms with E-state index in [1.54, 1.807) is 44.9 Å². The molecule has 0 aromatic heterocycles. The molecular weight excluding hydrogens is 714 g/mol. The number of ether oxygens (including phenoxy) is 2. The molecule has 1 heterocycles. The van der Waals surface area contributed by atoms with Crippen LogP contribution in [0.1, 0.15) is 93.1 Å². The van der Waals surface area contributed by atoms with Gasteiger partial charge in [-0.15, -0.1) is 0 Å². The van der Waals surface area contributed by atoms with E-state index in [4.69, 9.17) is 9.47 Å². The zero-order chi connectivity index (χ0) is 42.4. The van der Waals surface area contributed by atoms with E-state index in [2.05, 4.69) is 10.6 Å². The van der Waals surface area contributed by atoms with Gasteiger partial charge in [0, 0.05) is 33.9 Å². The van der Waals surface area contributed by atoms with Gasteiger partial charge in [0.1, 0.15) is 6.04 Å². The highest BCUT2D eigenvalue weighted by Crippen LogP contribution is 2.30. The molecule has 0 spiro atoms. The highest BCUT2D eigenvalue weighted by molar-refractivity contribution is 5.90. The van der Waals surface area contributed by atoms with E-state index in [0.717, 1.165) is 18.4 Å². The average Bonchev–Trinajstić information content (AvgIpc) is 3.62. The third-order valence-corrected chi connectivity index (χ3v) is 11.7. The number of benzene rings is 1. The van der Waals surface area contributed by atoms with Crippen LogP contribution in [0, 0.1) is 29.6 Å². The predicted octanol–water partition coefficient (Wildman–Crippen LogP) is 4.47. The number of aliphatic carboxylic acids is 1. The normalized spacial score (nSPS) is 19.4. The number of carbonyl (C=O) groups is 5. The number of rotatable bonds is 23. The topological polar surface area (TPSA) is 158 Å². The zero-order valence-corrected chi connectivity index (χ0v) is 36.4. The van der Waals surface area contributed by atoms with Crippen LogP contribution in [0.5, 0.6) is 0 Å². The Bertz CT molecular complexity index is 1400. The number of carboxylic acids is 1. The van der Waals surface area contributed by atoms with Crippen LogP contribution in [-0.2, 0) is 39.9 Å². The van der Waals surface area contributed by atoms with Gasteiger partial charge >= 0.3 is 5.97 Å². The van der Waals surface area contributed by atoms with Crippen LogP contribution in [0.4, 0.5) is 0 Å². The van der Waals surface area contributed by atoms with Crippen LogP contribution in [0.15, 0.2) is 30.3 Å². The second-order valence-electron chi connectivity index (χ2n) is 16.8. The summed E-state index contributed by atoms with van der Waals surface area (Å²) in [6.45, 7) is 15.8. The average molecular weight is 788 g/mol. The molecule has 13 heteroatoms. The van der Waals surface area contributed by atoms with Crippen molar-refractivity contribution in [2.24, 2.45) is 29.6 Å². The van der Waals surface area contributed by atoms with E-state index in [0.29, 0.717) is 19.4 Å². The van der Waals surface area contributed by atoms with Gasteiger partial charge in [0.25, 0.3) is 0 Å². The Morgan fingerprint density at radius 2 is 1.52 bits per heavy atom. The molecule has 1 aromatic rings. The van der Waals surface area contributed by atoms with Gasteiger partial charge in [0.2, 0.25) is 23.6 Å². The van der Waals surface area contributed by atoms with Crippen molar-refractivity contribution in [3.8, 4) is 0 Å². The van der Waals surface area contributed by atoms with Gasteiger partial charge in [0.05, 0.1) is 48.6 Å². The molecule has 4 amide bonds. The van der Waals surface area contributed by atoms with Gasteiger partial charge in [0.15, 0.2) is 0 Å². The fourth-order valence-electron chi connectivity index (χ4n) is 8.36. The van der Waals surface area contributed by atoms with Crippen molar-refractivity contribution < 1.29 is 38.6 Å². The van der Waals surface area contributed by atoms with E-state index >= 15 is 0 Å². The first-order chi connectivity index (χ1) is 26.3. The molecule has 3 N–H and O–H groups in total. The van der Waals surface area contributed by atoms with Crippen LogP contribution in [0.2, 0.25) is 0 Å². The molecule has 1 aliphatic rings. The lowest BCUT2D eigenvalue weighted by Gasteiger charge is -2.41. The van der Waals surface area contributed by atoms with Gasteiger partial charge in [-0.05, 0) is 63.1 Å². The SMILES string of the molecule is CC[C@H](C)[C@@H]([C@@H](CC(=O)N1CCC[C@H]1[C@H](OC)[C@@H](C)C(=O)N[C@@H](Cc1ccccc1)C[C@H](C)C(=O)O)OC)N(C)C(=O)[C@@H](NC(=O)C(C(C)C)N(C)C)C(C)C. The summed E-state index contributed by atoms with van der Waals surface area (Å²) >= 11 is 0. The third-order valence-electron chi connectivity index (χ3n) is 11.7. The van der Waals surface area contributed by atoms with Gasteiger partial charge in [-0.3, -0.25) is 28.9 Å². The maximum atomic E-state index is 14.3. The summed E-state index contributed by atoms with van der Waals surface area (Å²) in [5.41, 5.74) is 0.989. The molecule has 56 heavy (non-hydrogen) atoms. The van der Waals surface area contributed by atoms with Gasteiger partial charge < -0.3 is 35.0 Å². The van der Waals surface area contributed by atoms with Crippen LogP contribution < -0.4 is 10.6 Å². The quantitative estimate of drug-likeness (QED) is 0.146.